The van der Waals surface area contributed by atoms with Crippen molar-refractivity contribution in [2.45, 2.75) is 5.41 Å². The number of phenolic OH excluding ortho intramolecular Hbond substituents is 2. The van der Waals surface area contributed by atoms with Crippen molar-refractivity contribution >= 4 is 11.4 Å². The maximum absolute atomic E-state index is 12.1. The molecule has 1 heterocycles. The molecule has 0 amide bonds. The summed E-state index contributed by atoms with van der Waals surface area (Å²) in [5.74, 6) is 0.431. The molecule has 2 N–H and O–H groups in total. The topological polar surface area (TPSA) is 43.7 Å². The first-order chi connectivity index (χ1) is 20.2. The smallest absolute Gasteiger partial charge is 0.127 e. The van der Waals surface area contributed by atoms with Gasteiger partial charge in [-0.15, -0.1) is 0 Å². The van der Waals surface area contributed by atoms with Crippen molar-refractivity contribution in [2.75, 3.05) is 11.4 Å². The monoisotopic (exact) mass is 531 g/mol. The number of phenols is 2. The van der Waals surface area contributed by atoms with E-state index in [0.717, 1.165) is 50.3 Å². The van der Waals surface area contributed by atoms with Gasteiger partial charge in [0.25, 0.3) is 0 Å². The molecule has 1 aliphatic rings. The quantitative estimate of drug-likeness (QED) is 0.233. The minimum absolute atomic E-state index is 0.216. The number of hydrogen-bond donors (Lipinski definition) is 2. The Morgan fingerprint density at radius 3 is 1.41 bits per heavy atom. The summed E-state index contributed by atoms with van der Waals surface area (Å²) in [4.78, 5) is 2.29. The van der Waals surface area contributed by atoms with Crippen molar-refractivity contribution in [1.29, 1.82) is 0 Å². The van der Waals surface area contributed by atoms with E-state index in [0.29, 0.717) is 6.54 Å². The van der Waals surface area contributed by atoms with E-state index in [2.05, 4.69) is 29.2 Å². The van der Waals surface area contributed by atoms with E-state index in [4.69, 9.17) is 0 Å². The predicted molar refractivity (Wildman–Crippen MR) is 167 cm³/mol. The fourth-order valence-electron chi connectivity index (χ4n) is 6.40. The van der Waals surface area contributed by atoms with Crippen LogP contribution in [0.25, 0.3) is 22.3 Å². The largest absolute Gasteiger partial charge is 0.507 e. The second kappa shape index (κ2) is 10.0. The lowest BCUT2D eigenvalue weighted by Gasteiger charge is -2.34. The van der Waals surface area contributed by atoms with E-state index in [1.54, 1.807) is 0 Å². The Morgan fingerprint density at radius 2 is 0.878 bits per heavy atom. The number of para-hydroxylation sites is 4. The second-order valence-electron chi connectivity index (χ2n) is 10.5. The third-order valence-corrected chi connectivity index (χ3v) is 8.28. The summed E-state index contributed by atoms with van der Waals surface area (Å²) in [7, 11) is 0. The fraction of sp³-hybridized carbons (Fsp3) is 0.0526. The van der Waals surface area contributed by atoms with Gasteiger partial charge in [-0.2, -0.15) is 0 Å². The Kier molecular flexibility index (Phi) is 6.06. The van der Waals surface area contributed by atoms with Crippen LogP contribution in [0.4, 0.5) is 11.4 Å². The standard InChI is InChI=1S/C38H29NO2/c40-36-30(27-14-4-1-5-15-27)20-12-23-33(36)38(34-24-13-21-31(37(34)41)28-16-6-2-7-17-28)26-39(29-18-8-3-9-19-29)35-25-11-10-22-32(35)38/h1-25,40-41H,26H2. The summed E-state index contributed by atoms with van der Waals surface area (Å²) in [5.41, 5.74) is 7.18. The van der Waals surface area contributed by atoms with Crippen LogP contribution in [-0.4, -0.2) is 16.8 Å². The molecule has 0 atom stereocenters. The van der Waals surface area contributed by atoms with Crippen LogP contribution < -0.4 is 4.90 Å². The molecule has 0 saturated carbocycles. The number of aromatic hydroxyl groups is 2. The van der Waals surface area contributed by atoms with Crippen molar-refractivity contribution in [3.05, 3.63) is 168 Å². The molecule has 0 unspecified atom stereocenters. The summed E-state index contributed by atoms with van der Waals surface area (Å²) >= 11 is 0. The normalized spacial score (nSPS) is 13.6. The summed E-state index contributed by atoms with van der Waals surface area (Å²) in [6, 6.07) is 50.5. The maximum atomic E-state index is 12.1. The van der Waals surface area contributed by atoms with Crippen LogP contribution in [0.1, 0.15) is 16.7 Å². The van der Waals surface area contributed by atoms with Crippen molar-refractivity contribution in [2.24, 2.45) is 0 Å². The van der Waals surface area contributed by atoms with Crippen LogP contribution >= 0.6 is 0 Å². The van der Waals surface area contributed by atoms with Gasteiger partial charge in [0.05, 0.1) is 5.41 Å². The van der Waals surface area contributed by atoms with Crippen LogP contribution in [0.5, 0.6) is 11.5 Å². The van der Waals surface area contributed by atoms with Gasteiger partial charge in [0.2, 0.25) is 0 Å². The van der Waals surface area contributed by atoms with E-state index >= 15 is 0 Å². The number of hydrogen-bond acceptors (Lipinski definition) is 3. The molecule has 6 aromatic rings. The minimum atomic E-state index is -0.865. The lowest BCUT2D eigenvalue weighted by Crippen LogP contribution is -2.34. The van der Waals surface area contributed by atoms with Crippen molar-refractivity contribution < 1.29 is 10.2 Å². The molecule has 0 bridgehead atoms. The SMILES string of the molecule is Oc1c(-c2ccccc2)cccc1C1(c2cccc(-c3ccccc3)c2O)CN(c2ccccc2)c2ccccc21. The Hall–Kier alpha value is -5.28. The lowest BCUT2D eigenvalue weighted by molar-refractivity contribution is 0.442. The average Bonchev–Trinajstić information content (AvgIpc) is 3.38. The molecule has 7 rings (SSSR count). The molecule has 3 nitrogen and oxygen atoms in total. The number of rotatable bonds is 5. The van der Waals surface area contributed by atoms with Crippen molar-refractivity contribution in [3.8, 4) is 33.8 Å². The molecule has 0 aliphatic carbocycles. The van der Waals surface area contributed by atoms with E-state index in [1.807, 2.05) is 127 Å². The second-order valence-corrected chi connectivity index (χ2v) is 10.5. The summed E-state index contributed by atoms with van der Waals surface area (Å²) < 4.78 is 0. The first kappa shape index (κ1) is 24.7. The molecule has 0 fully saturated rings. The molecular weight excluding hydrogens is 502 g/mol. The lowest BCUT2D eigenvalue weighted by atomic mass is 9.69. The zero-order chi connectivity index (χ0) is 27.8. The molecule has 6 aromatic carbocycles. The van der Waals surface area contributed by atoms with E-state index in [1.165, 1.54) is 0 Å². The van der Waals surface area contributed by atoms with Gasteiger partial charge in [-0.1, -0.05) is 133 Å². The first-order valence-corrected chi connectivity index (χ1v) is 13.9. The van der Waals surface area contributed by atoms with Crippen molar-refractivity contribution in [3.63, 3.8) is 0 Å². The van der Waals surface area contributed by atoms with E-state index in [9.17, 15) is 10.2 Å². The molecular formula is C38H29NO2. The van der Waals surface area contributed by atoms with Crippen LogP contribution in [0.2, 0.25) is 0 Å². The Balaban J connectivity index is 1.55. The van der Waals surface area contributed by atoms with E-state index in [-0.39, 0.29) is 11.5 Å². The molecule has 41 heavy (non-hydrogen) atoms. The van der Waals surface area contributed by atoms with Gasteiger partial charge < -0.3 is 15.1 Å². The third-order valence-electron chi connectivity index (χ3n) is 8.28. The Labute approximate surface area is 240 Å². The number of anilines is 2. The molecule has 198 valence electrons. The maximum Gasteiger partial charge on any atom is 0.127 e. The van der Waals surface area contributed by atoms with Crippen LogP contribution in [0, 0.1) is 0 Å². The van der Waals surface area contributed by atoms with Crippen LogP contribution in [0.3, 0.4) is 0 Å². The number of fused-ring (bicyclic) bond motifs is 1. The number of nitrogens with zero attached hydrogens (tertiary/aromatic N) is 1. The van der Waals surface area contributed by atoms with Gasteiger partial charge in [-0.25, -0.2) is 0 Å². The van der Waals surface area contributed by atoms with Gasteiger partial charge in [0.1, 0.15) is 11.5 Å². The van der Waals surface area contributed by atoms with Gasteiger partial charge in [-0.05, 0) is 34.9 Å². The highest BCUT2D eigenvalue weighted by Crippen LogP contribution is 2.57. The molecule has 0 aromatic heterocycles. The Morgan fingerprint density at radius 1 is 0.439 bits per heavy atom. The van der Waals surface area contributed by atoms with Gasteiger partial charge in [0, 0.05) is 40.2 Å². The Bertz CT molecular complexity index is 1740. The molecule has 0 saturated heterocycles. The highest BCUT2D eigenvalue weighted by atomic mass is 16.3. The molecule has 1 aliphatic heterocycles. The highest BCUT2D eigenvalue weighted by molar-refractivity contribution is 5.83. The number of benzene rings is 6. The molecule has 0 radical (unpaired) electrons. The first-order valence-electron chi connectivity index (χ1n) is 13.9. The third kappa shape index (κ3) is 3.97. The zero-order valence-corrected chi connectivity index (χ0v) is 22.5. The van der Waals surface area contributed by atoms with Crippen LogP contribution in [-0.2, 0) is 5.41 Å². The highest BCUT2D eigenvalue weighted by Gasteiger charge is 2.49. The van der Waals surface area contributed by atoms with Gasteiger partial charge >= 0.3 is 0 Å². The summed E-state index contributed by atoms with van der Waals surface area (Å²) in [6.07, 6.45) is 0. The fourth-order valence-corrected chi connectivity index (χ4v) is 6.40. The summed E-state index contributed by atoms with van der Waals surface area (Å²) in [6.45, 7) is 0.508. The van der Waals surface area contributed by atoms with Crippen molar-refractivity contribution in [1.82, 2.24) is 0 Å². The van der Waals surface area contributed by atoms with Gasteiger partial charge in [0.15, 0.2) is 0 Å². The average molecular weight is 532 g/mol. The minimum Gasteiger partial charge on any atom is -0.507 e. The van der Waals surface area contributed by atoms with E-state index < -0.39 is 5.41 Å². The van der Waals surface area contributed by atoms with Gasteiger partial charge in [-0.3, -0.25) is 0 Å². The molecule has 0 spiro atoms. The van der Waals surface area contributed by atoms with Crippen LogP contribution in [0.15, 0.2) is 152 Å². The predicted octanol–water partition coefficient (Wildman–Crippen LogP) is 8.92. The molecule has 3 heteroatoms. The zero-order valence-electron chi connectivity index (χ0n) is 22.5. The summed E-state index contributed by atoms with van der Waals surface area (Å²) in [5, 5.41) is 24.2.